The standard InChI is InChI=1S/C19H22N6O2/c1-24-16-13(5-3-9-20-16)17(26)21-19(24)7-10-25(11-8-19)18(27)15-12-4-2-6-14(12)22-23-15/h3,5,9H,2,4,6-8,10-11H2,1H3,(H,21,26)(H,22,23). The summed E-state index contributed by atoms with van der Waals surface area (Å²) >= 11 is 0. The Balaban J connectivity index is 1.36. The number of piperidine rings is 1. The molecule has 0 aromatic carbocycles. The van der Waals surface area contributed by atoms with E-state index < -0.39 is 5.66 Å². The molecule has 140 valence electrons. The van der Waals surface area contributed by atoms with Crippen molar-refractivity contribution >= 4 is 17.6 Å². The molecule has 0 bridgehead atoms. The van der Waals surface area contributed by atoms with E-state index in [2.05, 4.69) is 25.4 Å². The van der Waals surface area contributed by atoms with E-state index in [1.54, 1.807) is 18.3 Å². The lowest BCUT2D eigenvalue weighted by Gasteiger charge is -2.50. The zero-order chi connectivity index (χ0) is 18.6. The summed E-state index contributed by atoms with van der Waals surface area (Å²) in [5, 5.41) is 10.4. The van der Waals surface area contributed by atoms with Crippen molar-refractivity contribution in [2.45, 2.75) is 37.8 Å². The van der Waals surface area contributed by atoms with Crippen LogP contribution >= 0.6 is 0 Å². The van der Waals surface area contributed by atoms with E-state index in [9.17, 15) is 9.59 Å². The maximum absolute atomic E-state index is 13.0. The number of carbonyl (C=O) groups is 2. The normalized spacial score (nSPS) is 20.4. The quantitative estimate of drug-likeness (QED) is 0.788. The number of nitrogens with one attached hydrogen (secondary N) is 2. The summed E-state index contributed by atoms with van der Waals surface area (Å²) in [4.78, 5) is 33.8. The van der Waals surface area contributed by atoms with Gasteiger partial charge in [-0.15, -0.1) is 0 Å². The SMILES string of the molecule is CN1c2ncccc2C(=O)NC12CCN(C(=O)c1n[nH]c3c1CCC3)CC2. The number of hydrogen-bond acceptors (Lipinski definition) is 5. The zero-order valence-electron chi connectivity index (χ0n) is 15.3. The van der Waals surface area contributed by atoms with Crippen LogP contribution in [0.25, 0.3) is 0 Å². The average Bonchev–Trinajstić information content (AvgIpc) is 3.30. The first kappa shape index (κ1) is 16.3. The molecule has 0 radical (unpaired) electrons. The molecule has 1 spiro atoms. The Morgan fingerprint density at radius 3 is 2.89 bits per heavy atom. The lowest BCUT2D eigenvalue weighted by Crippen LogP contribution is -2.67. The summed E-state index contributed by atoms with van der Waals surface area (Å²) in [6, 6.07) is 3.56. The van der Waals surface area contributed by atoms with Crippen molar-refractivity contribution in [3.8, 4) is 0 Å². The number of nitrogens with zero attached hydrogens (tertiary/aromatic N) is 4. The summed E-state index contributed by atoms with van der Waals surface area (Å²) in [5.41, 5.74) is 2.86. The molecular formula is C19H22N6O2. The number of anilines is 1. The molecule has 1 aliphatic carbocycles. The number of carbonyl (C=O) groups excluding carboxylic acids is 2. The highest BCUT2D eigenvalue weighted by Crippen LogP contribution is 2.35. The van der Waals surface area contributed by atoms with Crippen molar-refractivity contribution in [3.05, 3.63) is 40.8 Å². The minimum Gasteiger partial charge on any atom is -0.337 e. The van der Waals surface area contributed by atoms with Crippen LogP contribution in [-0.4, -0.2) is 57.7 Å². The highest BCUT2D eigenvalue weighted by Gasteiger charge is 2.45. The van der Waals surface area contributed by atoms with Gasteiger partial charge in [-0.2, -0.15) is 5.10 Å². The van der Waals surface area contributed by atoms with Crippen molar-refractivity contribution in [1.82, 2.24) is 25.4 Å². The average molecular weight is 366 g/mol. The van der Waals surface area contributed by atoms with Gasteiger partial charge in [-0.3, -0.25) is 14.7 Å². The van der Waals surface area contributed by atoms with Crippen molar-refractivity contribution in [1.29, 1.82) is 0 Å². The van der Waals surface area contributed by atoms with Gasteiger partial charge in [0.2, 0.25) is 0 Å². The van der Waals surface area contributed by atoms with E-state index in [0.29, 0.717) is 43.0 Å². The van der Waals surface area contributed by atoms with Crippen LogP contribution < -0.4 is 10.2 Å². The first-order valence-electron chi connectivity index (χ1n) is 9.46. The van der Waals surface area contributed by atoms with Crippen molar-refractivity contribution in [2.75, 3.05) is 25.0 Å². The maximum atomic E-state index is 13.0. The van der Waals surface area contributed by atoms with E-state index in [0.717, 1.165) is 30.5 Å². The fraction of sp³-hybridized carbons (Fsp3) is 0.474. The number of fused-ring (bicyclic) bond motifs is 2. The minimum atomic E-state index is -0.497. The van der Waals surface area contributed by atoms with Crippen LogP contribution in [0.5, 0.6) is 0 Å². The third-order valence-electron chi connectivity index (χ3n) is 6.22. The van der Waals surface area contributed by atoms with Crippen LogP contribution in [0.2, 0.25) is 0 Å². The third kappa shape index (κ3) is 2.35. The van der Waals surface area contributed by atoms with E-state index in [1.165, 1.54) is 0 Å². The van der Waals surface area contributed by atoms with E-state index in [4.69, 9.17) is 0 Å². The number of aryl methyl sites for hydroxylation is 1. The molecule has 1 saturated heterocycles. The van der Waals surface area contributed by atoms with Crippen LogP contribution in [0.15, 0.2) is 18.3 Å². The maximum Gasteiger partial charge on any atom is 0.274 e. The lowest BCUT2D eigenvalue weighted by atomic mass is 9.91. The minimum absolute atomic E-state index is 0.00689. The van der Waals surface area contributed by atoms with Gasteiger partial charge in [0.15, 0.2) is 5.69 Å². The predicted molar refractivity (Wildman–Crippen MR) is 98.6 cm³/mol. The smallest absolute Gasteiger partial charge is 0.274 e. The molecule has 5 rings (SSSR count). The van der Waals surface area contributed by atoms with Gasteiger partial charge in [0, 0.05) is 50.4 Å². The molecule has 2 aromatic rings. The third-order valence-corrected chi connectivity index (χ3v) is 6.22. The molecule has 27 heavy (non-hydrogen) atoms. The monoisotopic (exact) mass is 366 g/mol. The fourth-order valence-corrected chi connectivity index (χ4v) is 4.59. The molecule has 2 aliphatic heterocycles. The Bertz CT molecular complexity index is 928. The van der Waals surface area contributed by atoms with Crippen LogP contribution in [0, 0.1) is 0 Å². The molecule has 2 N–H and O–H groups in total. The van der Waals surface area contributed by atoms with E-state index in [1.807, 2.05) is 11.9 Å². The highest BCUT2D eigenvalue weighted by molar-refractivity contribution is 6.01. The Morgan fingerprint density at radius 1 is 1.26 bits per heavy atom. The van der Waals surface area contributed by atoms with Gasteiger partial charge < -0.3 is 15.1 Å². The van der Waals surface area contributed by atoms with Crippen molar-refractivity contribution in [3.63, 3.8) is 0 Å². The van der Waals surface area contributed by atoms with Crippen molar-refractivity contribution < 1.29 is 9.59 Å². The Labute approximate surface area is 156 Å². The number of aromatic amines is 1. The number of rotatable bonds is 1. The Morgan fingerprint density at radius 2 is 2.07 bits per heavy atom. The number of H-pyrrole nitrogens is 1. The Kier molecular flexibility index (Phi) is 3.50. The number of aromatic nitrogens is 3. The molecular weight excluding hydrogens is 344 g/mol. The Hall–Kier alpha value is -2.90. The second-order valence-electron chi connectivity index (χ2n) is 7.59. The molecule has 4 heterocycles. The molecule has 0 atom stereocenters. The van der Waals surface area contributed by atoms with Gasteiger partial charge in [-0.1, -0.05) is 0 Å². The van der Waals surface area contributed by atoms with Gasteiger partial charge in [-0.25, -0.2) is 4.98 Å². The van der Waals surface area contributed by atoms with Gasteiger partial charge >= 0.3 is 0 Å². The summed E-state index contributed by atoms with van der Waals surface area (Å²) < 4.78 is 0. The molecule has 8 nitrogen and oxygen atoms in total. The number of pyridine rings is 1. The largest absolute Gasteiger partial charge is 0.337 e. The molecule has 2 aromatic heterocycles. The molecule has 3 aliphatic rings. The molecule has 8 heteroatoms. The summed E-state index contributed by atoms with van der Waals surface area (Å²) in [6.07, 6.45) is 6.00. The van der Waals surface area contributed by atoms with E-state index in [-0.39, 0.29) is 11.8 Å². The number of hydrogen-bond donors (Lipinski definition) is 2. The van der Waals surface area contributed by atoms with Crippen molar-refractivity contribution in [2.24, 2.45) is 0 Å². The predicted octanol–water partition coefficient (Wildman–Crippen LogP) is 1.11. The molecule has 0 saturated carbocycles. The first-order chi connectivity index (χ1) is 13.1. The second kappa shape index (κ2) is 5.80. The highest BCUT2D eigenvalue weighted by atomic mass is 16.2. The number of likely N-dealkylation sites (tertiary alicyclic amines) is 1. The summed E-state index contributed by atoms with van der Waals surface area (Å²) in [6.45, 7) is 1.15. The van der Waals surface area contributed by atoms with Gasteiger partial charge in [0.25, 0.3) is 11.8 Å². The van der Waals surface area contributed by atoms with Gasteiger partial charge in [-0.05, 0) is 31.4 Å². The lowest BCUT2D eigenvalue weighted by molar-refractivity contribution is 0.0602. The molecule has 0 unspecified atom stereocenters. The van der Waals surface area contributed by atoms with Crippen LogP contribution in [0.4, 0.5) is 5.82 Å². The van der Waals surface area contributed by atoms with E-state index >= 15 is 0 Å². The van der Waals surface area contributed by atoms with Crippen LogP contribution in [0.1, 0.15) is 51.4 Å². The second-order valence-corrected chi connectivity index (χ2v) is 7.59. The topological polar surface area (TPSA) is 94.2 Å². The number of amides is 2. The summed E-state index contributed by atoms with van der Waals surface area (Å²) in [5.74, 6) is 0.597. The van der Waals surface area contributed by atoms with Crippen LogP contribution in [0.3, 0.4) is 0 Å². The zero-order valence-corrected chi connectivity index (χ0v) is 15.3. The van der Waals surface area contributed by atoms with Crippen LogP contribution in [-0.2, 0) is 12.8 Å². The molecule has 2 amide bonds. The first-order valence-corrected chi connectivity index (χ1v) is 9.46. The van der Waals surface area contributed by atoms with Gasteiger partial charge in [0.05, 0.1) is 5.56 Å². The fourth-order valence-electron chi connectivity index (χ4n) is 4.59. The summed E-state index contributed by atoms with van der Waals surface area (Å²) in [7, 11) is 1.96. The molecule has 1 fully saturated rings. The van der Waals surface area contributed by atoms with Gasteiger partial charge in [0.1, 0.15) is 11.5 Å².